The summed E-state index contributed by atoms with van der Waals surface area (Å²) in [5.41, 5.74) is 0.401. The number of ether oxygens (including phenoxy) is 2. The van der Waals surface area contributed by atoms with Crippen LogP contribution in [-0.2, 0) is 10.0 Å². The van der Waals surface area contributed by atoms with Gasteiger partial charge in [-0.3, -0.25) is 4.72 Å². The Morgan fingerprint density at radius 1 is 1.07 bits per heavy atom. The van der Waals surface area contributed by atoms with Gasteiger partial charge in [0.15, 0.2) is 11.5 Å². The molecule has 1 aliphatic rings. The van der Waals surface area contributed by atoms with Crippen molar-refractivity contribution in [2.45, 2.75) is 6.42 Å². The molecule has 2 aromatic carbocycles. The van der Waals surface area contributed by atoms with Crippen molar-refractivity contribution in [1.29, 1.82) is 0 Å². The van der Waals surface area contributed by atoms with E-state index >= 15 is 0 Å². The Balaban J connectivity index is 1.88. The highest BCUT2D eigenvalue weighted by Gasteiger charge is 2.18. The molecule has 0 fully saturated rings. The summed E-state index contributed by atoms with van der Waals surface area (Å²) < 4.78 is 42.2. The average Bonchev–Trinajstić information content (AvgIpc) is 2.84. The molecule has 0 unspecified atom stereocenters. The van der Waals surface area contributed by atoms with Crippen LogP contribution in [-0.4, -0.2) is 32.9 Å². The Bertz CT molecular complexity index is 1190. The number of hydrogen-bond donors (Lipinski definition) is 1. The summed E-state index contributed by atoms with van der Waals surface area (Å²) in [6.45, 7) is 1.01. The number of sulfonamides is 1. The van der Waals surface area contributed by atoms with Crippen LogP contribution in [0.3, 0.4) is 0 Å². The number of benzene rings is 2. The summed E-state index contributed by atoms with van der Waals surface area (Å²) in [5.74, 6) is 0.987. The predicted molar refractivity (Wildman–Crippen MR) is 99.8 cm³/mol. The van der Waals surface area contributed by atoms with Crippen molar-refractivity contribution in [2.24, 2.45) is 0 Å². The van der Waals surface area contributed by atoms with Crippen molar-refractivity contribution < 1.29 is 22.3 Å². The SMILES string of the molecule is CS(=O)(=O)Nc1ccccc1-c1nc2cc3c(cc2c(=O)o1)OCCCO3. The van der Waals surface area contributed by atoms with Crippen LogP contribution in [0.25, 0.3) is 22.4 Å². The van der Waals surface area contributed by atoms with Crippen LogP contribution in [0.5, 0.6) is 11.5 Å². The molecule has 1 N–H and O–H groups in total. The standard InChI is InChI=1S/C18H16N2O6S/c1-27(22,23)20-13-6-3-2-5-11(13)17-19-14-10-16-15(24-7-4-8-25-16)9-12(14)18(21)26-17/h2-3,5-6,9-10,20H,4,7-8H2,1H3. The van der Waals surface area contributed by atoms with Gasteiger partial charge in [0.2, 0.25) is 15.9 Å². The van der Waals surface area contributed by atoms with Gasteiger partial charge < -0.3 is 13.9 Å². The fourth-order valence-electron chi connectivity index (χ4n) is 2.80. The number of rotatable bonds is 3. The highest BCUT2D eigenvalue weighted by atomic mass is 32.2. The predicted octanol–water partition coefficient (Wildman–Crippen LogP) is 2.39. The van der Waals surface area contributed by atoms with Crippen LogP contribution in [0.15, 0.2) is 45.6 Å². The first kappa shape index (κ1) is 17.3. The van der Waals surface area contributed by atoms with Crippen molar-refractivity contribution in [3.05, 3.63) is 46.8 Å². The van der Waals surface area contributed by atoms with Gasteiger partial charge in [-0.1, -0.05) is 12.1 Å². The zero-order valence-electron chi connectivity index (χ0n) is 14.4. The zero-order chi connectivity index (χ0) is 19.0. The van der Waals surface area contributed by atoms with Gasteiger partial charge in [-0.15, -0.1) is 0 Å². The Kier molecular flexibility index (Phi) is 4.23. The van der Waals surface area contributed by atoms with Crippen LogP contribution in [0.1, 0.15) is 6.42 Å². The second-order valence-electron chi connectivity index (χ2n) is 6.09. The van der Waals surface area contributed by atoms with Crippen molar-refractivity contribution >= 4 is 26.6 Å². The lowest BCUT2D eigenvalue weighted by atomic mass is 10.1. The lowest BCUT2D eigenvalue weighted by Crippen LogP contribution is -2.11. The van der Waals surface area contributed by atoms with Crippen molar-refractivity contribution in [1.82, 2.24) is 4.98 Å². The van der Waals surface area contributed by atoms with Gasteiger partial charge in [0, 0.05) is 18.6 Å². The van der Waals surface area contributed by atoms with E-state index in [1.807, 2.05) is 0 Å². The number of aromatic nitrogens is 1. The van der Waals surface area contributed by atoms with E-state index in [9.17, 15) is 13.2 Å². The fourth-order valence-corrected chi connectivity index (χ4v) is 3.38. The summed E-state index contributed by atoms with van der Waals surface area (Å²) in [7, 11) is -3.51. The molecule has 0 aliphatic carbocycles. The topological polar surface area (TPSA) is 108 Å². The van der Waals surface area contributed by atoms with Gasteiger partial charge in [0.1, 0.15) is 0 Å². The third kappa shape index (κ3) is 3.59. The minimum absolute atomic E-state index is 0.00809. The number of hydrogen-bond acceptors (Lipinski definition) is 7. The first-order chi connectivity index (χ1) is 12.9. The molecule has 0 bridgehead atoms. The highest BCUT2D eigenvalue weighted by molar-refractivity contribution is 7.92. The zero-order valence-corrected chi connectivity index (χ0v) is 15.2. The summed E-state index contributed by atoms with van der Waals surface area (Å²) in [5, 5.41) is 0.261. The van der Waals surface area contributed by atoms with Crippen molar-refractivity contribution in [3.63, 3.8) is 0 Å². The smallest absolute Gasteiger partial charge is 0.347 e. The molecule has 9 heteroatoms. The van der Waals surface area contributed by atoms with E-state index in [1.54, 1.807) is 36.4 Å². The summed E-state index contributed by atoms with van der Waals surface area (Å²) in [6, 6.07) is 9.73. The Hall–Kier alpha value is -3.07. The van der Waals surface area contributed by atoms with Crippen LogP contribution in [0, 0.1) is 0 Å². The van der Waals surface area contributed by atoms with Gasteiger partial charge in [-0.05, 0) is 12.1 Å². The fraction of sp³-hybridized carbons (Fsp3) is 0.222. The first-order valence-corrected chi connectivity index (χ1v) is 10.1. The molecule has 4 rings (SSSR count). The van der Waals surface area contributed by atoms with Crippen LogP contribution in [0.4, 0.5) is 5.69 Å². The van der Waals surface area contributed by atoms with E-state index in [0.717, 1.165) is 12.7 Å². The summed E-state index contributed by atoms with van der Waals surface area (Å²) in [4.78, 5) is 16.9. The minimum Gasteiger partial charge on any atom is -0.490 e. The largest absolute Gasteiger partial charge is 0.490 e. The second-order valence-corrected chi connectivity index (χ2v) is 7.84. The van der Waals surface area contributed by atoms with E-state index in [2.05, 4.69) is 9.71 Å². The van der Waals surface area contributed by atoms with E-state index in [0.29, 0.717) is 35.8 Å². The van der Waals surface area contributed by atoms with Crippen LogP contribution < -0.4 is 19.8 Å². The molecule has 0 atom stereocenters. The monoisotopic (exact) mass is 388 g/mol. The maximum Gasteiger partial charge on any atom is 0.347 e. The van der Waals surface area contributed by atoms with E-state index in [4.69, 9.17) is 13.9 Å². The molecule has 0 radical (unpaired) electrons. The van der Waals surface area contributed by atoms with Gasteiger partial charge in [-0.25, -0.2) is 18.2 Å². The van der Waals surface area contributed by atoms with Gasteiger partial charge in [0.05, 0.1) is 41.6 Å². The molecule has 27 heavy (non-hydrogen) atoms. The third-order valence-electron chi connectivity index (χ3n) is 3.95. The summed E-state index contributed by atoms with van der Waals surface area (Å²) in [6.07, 6.45) is 1.78. The normalized spacial score (nSPS) is 14.0. The molecule has 0 saturated carbocycles. The molecule has 0 amide bonds. The molecule has 140 valence electrons. The number of anilines is 1. The average molecular weight is 388 g/mol. The second kappa shape index (κ2) is 6.58. The van der Waals surface area contributed by atoms with Gasteiger partial charge in [0.25, 0.3) is 0 Å². The molecular weight excluding hydrogens is 372 g/mol. The van der Waals surface area contributed by atoms with Gasteiger partial charge in [-0.2, -0.15) is 0 Å². The van der Waals surface area contributed by atoms with E-state index in [-0.39, 0.29) is 17.0 Å². The number of fused-ring (bicyclic) bond motifs is 2. The Labute approximate surface area is 154 Å². The van der Waals surface area contributed by atoms with E-state index < -0.39 is 15.6 Å². The van der Waals surface area contributed by atoms with Crippen LogP contribution >= 0.6 is 0 Å². The number of nitrogens with zero attached hydrogens (tertiary/aromatic N) is 1. The van der Waals surface area contributed by atoms with E-state index in [1.165, 1.54) is 0 Å². The maximum atomic E-state index is 12.5. The first-order valence-electron chi connectivity index (χ1n) is 8.22. The molecule has 1 aromatic heterocycles. The Morgan fingerprint density at radius 3 is 2.52 bits per heavy atom. The molecule has 0 saturated heterocycles. The van der Waals surface area contributed by atoms with Crippen molar-refractivity contribution in [3.8, 4) is 23.0 Å². The lowest BCUT2D eigenvalue weighted by molar-refractivity contribution is 0.297. The number of nitrogens with one attached hydrogen (secondary N) is 1. The molecule has 8 nitrogen and oxygen atoms in total. The van der Waals surface area contributed by atoms with Crippen LogP contribution in [0.2, 0.25) is 0 Å². The Morgan fingerprint density at radius 2 is 1.78 bits per heavy atom. The third-order valence-corrected chi connectivity index (χ3v) is 4.54. The highest BCUT2D eigenvalue weighted by Crippen LogP contribution is 2.34. The summed E-state index contributed by atoms with van der Waals surface area (Å²) >= 11 is 0. The lowest BCUT2D eigenvalue weighted by Gasteiger charge is -2.11. The van der Waals surface area contributed by atoms with Crippen molar-refractivity contribution in [2.75, 3.05) is 24.2 Å². The molecule has 1 aliphatic heterocycles. The number of para-hydroxylation sites is 1. The molecule has 3 aromatic rings. The molecule has 0 spiro atoms. The quantitative estimate of drug-likeness (QED) is 0.734. The maximum absolute atomic E-state index is 12.5. The van der Waals surface area contributed by atoms with Gasteiger partial charge >= 0.3 is 5.63 Å². The molecular formula is C18H16N2O6S. The minimum atomic E-state index is -3.51. The molecule has 2 heterocycles.